The molecule has 190 valence electrons. The van der Waals surface area contributed by atoms with Gasteiger partial charge in [0, 0.05) is 43.5 Å². The highest BCUT2D eigenvalue weighted by Crippen LogP contribution is 2.38. The number of hydrogen-bond donors (Lipinski definition) is 0. The highest BCUT2D eigenvalue weighted by molar-refractivity contribution is 6.04. The molecule has 0 spiro atoms. The largest absolute Gasteiger partial charge is 0.337 e. The predicted octanol–water partition coefficient (Wildman–Crippen LogP) is 7.91. The average molecular weight is 491 g/mol. The van der Waals surface area contributed by atoms with Gasteiger partial charge in [-0.3, -0.25) is 9.69 Å². The minimum atomic E-state index is 0.328. The van der Waals surface area contributed by atoms with E-state index in [-0.39, 0.29) is 0 Å². The molecule has 0 unspecified atom stereocenters. The first kappa shape index (κ1) is 24.2. The Hall–Kier alpha value is -3.17. The van der Waals surface area contributed by atoms with Crippen molar-refractivity contribution in [2.45, 2.75) is 76.9 Å². The van der Waals surface area contributed by atoms with Gasteiger partial charge in [0.25, 0.3) is 0 Å². The number of rotatable bonds is 8. The van der Waals surface area contributed by atoms with E-state index in [1.165, 1.54) is 65.3 Å². The standard InChI is InChI=1S/C34H38N2O/c37-33-18-10-17-30-31-23-29(28-15-8-3-9-16-28)19-20-32(31)36(34(30)33)22-21-35(24-26-11-4-1-5-12-26)25-27-13-6-2-7-14-27/h1-2,4-7,11-14,19-20,23,28H,3,8-10,15-18,21-22,24-25H2. The molecule has 2 aliphatic carbocycles. The van der Waals surface area contributed by atoms with Crippen LogP contribution in [-0.2, 0) is 26.1 Å². The molecule has 0 aliphatic heterocycles. The summed E-state index contributed by atoms with van der Waals surface area (Å²) in [4.78, 5) is 15.8. The first-order valence-electron chi connectivity index (χ1n) is 14.2. The van der Waals surface area contributed by atoms with Crippen LogP contribution in [0.5, 0.6) is 0 Å². The summed E-state index contributed by atoms with van der Waals surface area (Å²) in [7, 11) is 0. The molecule has 1 aromatic heterocycles. The SMILES string of the molecule is O=C1CCCc2c1n(CCN(Cc1ccccc1)Cc1ccccc1)c1ccc(C3CCCCC3)cc21. The Morgan fingerprint density at radius 3 is 2.11 bits per heavy atom. The second-order valence-corrected chi connectivity index (χ2v) is 11.0. The lowest BCUT2D eigenvalue weighted by Gasteiger charge is -2.24. The molecule has 2 aliphatic rings. The van der Waals surface area contributed by atoms with E-state index in [4.69, 9.17) is 0 Å². The third-order valence-corrected chi connectivity index (χ3v) is 8.50. The van der Waals surface area contributed by atoms with E-state index in [1.807, 2.05) is 0 Å². The zero-order valence-electron chi connectivity index (χ0n) is 21.9. The number of fused-ring (bicyclic) bond motifs is 3. The van der Waals surface area contributed by atoms with Gasteiger partial charge in [-0.25, -0.2) is 0 Å². The van der Waals surface area contributed by atoms with Gasteiger partial charge in [-0.2, -0.15) is 0 Å². The maximum absolute atomic E-state index is 13.3. The van der Waals surface area contributed by atoms with Crippen LogP contribution < -0.4 is 0 Å². The molecule has 0 saturated heterocycles. The third-order valence-electron chi connectivity index (χ3n) is 8.50. The number of carbonyl (C=O) groups is 1. The second-order valence-electron chi connectivity index (χ2n) is 11.0. The number of aromatic nitrogens is 1. The molecule has 3 aromatic carbocycles. The molecule has 0 radical (unpaired) electrons. The number of ketones is 1. The summed E-state index contributed by atoms with van der Waals surface area (Å²) < 4.78 is 2.36. The Kier molecular flexibility index (Phi) is 7.23. The molecular weight excluding hydrogens is 452 g/mol. The molecule has 3 nitrogen and oxygen atoms in total. The summed E-state index contributed by atoms with van der Waals surface area (Å²) >= 11 is 0. The van der Waals surface area contributed by atoms with E-state index < -0.39 is 0 Å². The summed E-state index contributed by atoms with van der Waals surface area (Å²) in [6, 6.07) is 28.6. The van der Waals surface area contributed by atoms with E-state index >= 15 is 0 Å². The molecule has 4 aromatic rings. The van der Waals surface area contributed by atoms with Crippen molar-refractivity contribution in [3.63, 3.8) is 0 Å². The van der Waals surface area contributed by atoms with E-state index in [2.05, 4.69) is 88.3 Å². The molecule has 37 heavy (non-hydrogen) atoms. The highest BCUT2D eigenvalue weighted by Gasteiger charge is 2.27. The van der Waals surface area contributed by atoms with Crippen molar-refractivity contribution in [3.05, 3.63) is 107 Å². The second kappa shape index (κ2) is 11.1. The maximum Gasteiger partial charge on any atom is 0.179 e. The molecule has 0 atom stereocenters. The Bertz CT molecular complexity index is 1310. The van der Waals surface area contributed by atoms with Crippen LogP contribution in [0.2, 0.25) is 0 Å². The van der Waals surface area contributed by atoms with Crippen LogP contribution in [-0.4, -0.2) is 21.8 Å². The summed E-state index contributed by atoms with van der Waals surface area (Å²) in [6.45, 7) is 3.53. The predicted molar refractivity (Wildman–Crippen MR) is 152 cm³/mol. The fourth-order valence-corrected chi connectivity index (χ4v) is 6.62. The molecule has 0 N–H and O–H groups in total. The smallest absolute Gasteiger partial charge is 0.179 e. The fourth-order valence-electron chi connectivity index (χ4n) is 6.62. The molecule has 0 bridgehead atoms. The Balaban J connectivity index is 1.31. The van der Waals surface area contributed by atoms with Crippen LogP contribution in [0.15, 0.2) is 78.9 Å². The molecule has 1 fully saturated rings. The Morgan fingerprint density at radius 1 is 0.757 bits per heavy atom. The molecule has 6 rings (SSSR count). The van der Waals surface area contributed by atoms with Gasteiger partial charge < -0.3 is 4.57 Å². The quantitative estimate of drug-likeness (QED) is 0.251. The average Bonchev–Trinajstić information content (AvgIpc) is 3.27. The van der Waals surface area contributed by atoms with Crippen LogP contribution in [0.1, 0.15) is 83.6 Å². The van der Waals surface area contributed by atoms with Crippen molar-refractivity contribution in [1.82, 2.24) is 9.47 Å². The zero-order chi connectivity index (χ0) is 25.0. The van der Waals surface area contributed by atoms with Gasteiger partial charge in [0.2, 0.25) is 0 Å². The van der Waals surface area contributed by atoms with Crippen molar-refractivity contribution >= 4 is 16.7 Å². The monoisotopic (exact) mass is 490 g/mol. The van der Waals surface area contributed by atoms with Crippen LogP contribution in [0.25, 0.3) is 10.9 Å². The third kappa shape index (κ3) is 5.29. The molecule has 3 heteroatoms. The van der Waals surface area contributed by atoms with E-state index in [1.54, 1.807) is 0 Å². The van der Waals surface area contributed by atoms with Crippen molar-refractivity contribution in [1.29, 1.82) is 0 Å². The summed E-state index contributed by atoms with van der Waals surface area (Å²) in [5.74, 6) is 1.01. The zero-order valence-corrected chi connectivity index (χ0v) is 21.9. The first-order chi connectivity index (χ1) is 18.3. The molecule has 0 amide bonds. The molecule has 1 saturated carbocycles. The fraction of sp³-hybridized carbons (Fsp3) is 0.382. The lowest BCUT2D eigenvalue weighted by Crippen LogP contribution is -2.28. The highest BCUT2D eigenvalue weighted by atomic mass is 16.1. The van der Waals surface area contributed by atoms with Gasteiger partial charge in [0.05, 0.1) is 5.69 Å². The Labute approximate surface area is 221 Å². The van der Waals surface area contributed by atoms with Gasteiger partial charge in [-0.15, -0.1) is 0 Å². The van der Waals surface area contributed by atoms with E-state index in [9.17, 15) is 4.79 Å². The van der Waals surface area contributed by atoms with Gasteiger partial charge in [0.1, 0.15) is 0 Å². The summed E-state index contributed by atoms with van der Waals surface area (Å²) in [5, 5.41) is 1.34. The minimum absolute atomic E-state index is 0.328. The number of hydrogen-bond acceptors (Lipinski definition) is 2. The number of Topliss-reactive ketones (excluding diaryl/α,β-unsaturated/α-hetero) is 1. The minimum Gasteiger partial charge on any atom is -0.337 e. The lowest BCUT2D eigenvalue weighted by atomic mass is 9.83. The molecular formula is C34H38N2O. The maximum atomic E-state index is 13.3. The van der Waals surface area contributed by atoms with Crippen LogP contribution in [0.4, 0.5) is 0 Å². The van der Waals surface area contributed by atoms with Crippen molar-refractivity contribution in [3.8, 4) is 0 Å². The van der Waals surface area contributed by atoms with E-state index in [0.717, 1.165) is 44.7 Å². The van der Waals surface area contributed by atoms with Gasteiger partial charge in [-0.05, 0) is 66.0 Å². The first-order valence-corrected chi connectivity index (χ1v) is 14.2. The van der Waals surface area contributed by atoms with Crippen molar-refractivity contribution < 1.29 is 4.79 Å². The number of aryl methyl sites for hydroxylation is 1. The van der Waals surface area contributed by atoms with Crippen LogP contribution in [0.3, 0.4) is 0 Å². The number of nitrogens with zero attached hydrogens (tertiary/aromatic N) is 2. The Morgan fingerprint density at radius 2 is 1.43 bits per heavy atom. The lowest BCUT2D eigenvalue weighted by molar-refractivity contribution is 0.0962. The van der Waals surface area contributed by atoms with Crippen LogP contribution >= 0.6 is 0 Å². The van der Waals surface area contributed by atoms with Gasteiger partial charge in [0.15, 0.2) is 5.78 Å². The van der Waals surface area contributed by atoms with Gasteiger partial charge in [-0.1, -0.05) is 86.0 Å². The van der Waals surface area contributed by atoms with Crippen molar-refractivity contribution in [2.75, 3.05) is 6.54 Å². The number of benzene rings is 3. The topological polar surface area (TPSA) is 25.2 Å². The normalized spacial score (nSPS) is 16.4. The van der Waals surface area contributed by atoms with E-state index in [0.29, 0.717) is 18.1 Å². The summed E-state index contributed by atoms with van der Waals surface area (Å²) in [5.41, 5.74) is 7.68. The summed E-state index contributed by atoms with van der Waals surface area (Å²) in [6.07, 6.45) is 9.36. The molecule has 1 heterocycles. The van der Waals surface area contributed by atoms with Gasteiger partial charge >= 0.3 is 0 Å². The van der Waals surface area contributed by atoms with Crippen molar-refractivity contribution in [2.24, 2.45) is 0 Å². The van der Waals surface area contributed by atoms with Crippen LogP contribution in [0, 0.1) is 0 Å². The number of carbonyl (C=O) groups excluding carboxylic acids is 1.